The van der Waals surface area contributed by atoms with Gasteiger partial charge in [-0.1, -0.05) is 78.6 Å². The Morgan fingerprint density at radius 2 is 1.70 bits per heavy atom. The predicted molar refractivity (Wildman–Crippen MR) is 118 cm³/mol. The number of amides is 1. The minimum atomic E-state index is 0.0124. The maximum atomic E-state index is 13.1. The first-order valence-corrected chi connectivity index (χ1v) is 10.3. The Hall–Kier alpha value is -2.37. The van der Waals surface area contributed by atoms with Crippen LogP contribution in [-0.2, 0) is 11.2 Å². The summed E-state index contributed by atoms with van der Waals surface area (Å²) in [6.07, 6.45) is 4.91. The number of likely N-dealkylation sites (N-methyl/N-ethyl adjacent to an activating group) is 1. The quantitative estimate of drug-likeness (QED) is 0.548. The van der Waals surface area contributed by atoms with Crippen LogP contribution in [0.25, 0.3) is 6.08 Å². The molecule has 27 heavy (non-hydrogen) atoms. The normalized spacial score (nSPS) is 19.0. The second-order valence-corrected chi connectivity index (χ2v) is 8.06. The highest BCUT2D eigenvalue weighted by Gasteiger charge is 2.35. The molecule has 0 spiro atoms. The number of rotatable bonds is 4. The fourth-order valence-corrected chi connectivity index (χ4v) is 4.80. The van der Waals surface area contributed by atoms with E-state index in [1.165, 1.54) is 22.9 Å². The van der Waals surface area contributed by atoms with Crippen molar-refractivity contribution in [2.45, 2.75) is 13.3 Å². The van der Waals surface area contributed by atoms with Gasteiger partial charge < -0.3 is 4.90 Å². The number of thioether (sulfide) groups is 1. The monoisotopic (exact) mass is 392 g/mol. The van der Waals surface area contributed by atoms with E-state index in [0.717, 1.165) is 29.3 Å². The number of allylic oxidation sites excluding steroid dienone is 1. The number of thiocarbonyl (C=S) groups is 1. The maximum absolute atomic E-state index is 13.1. The van der Waals surface area contributed by atoms with E-state index in [1.807, 2.05) is 36.4 Å². The Labute approximate surface area is 169 Å². The first-order chi connectivity index (χ1) is 13.2. The predicted octanol–water partition coefficient (Wildman–Crippen LogP) is 4.85. The molecule has 0 bridgehead atoms. The van der Waals surface area contributed by atoms with Gasteiger partial charge in [0.1, 0.15) is 9.23 Å². The zero-order valence-electron chi connectivity index (χ0n) is 15.1. The fraction of sp³-hybridized carbons (Fsp3) is 0.182. The number of hydrogen-bond acceptors (Lipinski definition) is 4. The van der Waals surface area contributed by atoms with Gasteiger partial charge in [-0.2, -0.15) is 0 Å². The molecule has 5 heteroatoms. The van der Waals surface area contributed by atoms with Gasteiger partial charge in [-0.05, 0) is 36.6 Å². The van der Waals surface area contributed by atoms with Crippen LogP contribution < -0.4 is 4.90 Å². The first-order valence-electron chi connectivity index (χ1n) is 9.05. The highest BCUT2D eigenvalue weighted by molar-refractivity contribution is 8.26. The van der Waals surface area contributed by atoms with Crippen molar-refractivity contribution in [2.75, 3.05) is 18.0 Å². The van der Waals surface area contributed by atoms with Crippen LogP contribution in [-0.4, -0.2) is 28.2 Å². The third kappa shape index (κ3) is 3.45. The lowest BCUT2D eigenvalue weighted by atomic mass is 10.1. The van der Waals surface area contributed by atoms with Crippen molar-refractivity contribution in [3.8, 4) is 0 Å². The van der Waals surface area contributed by atoms with Crippen LogP contribution in [0.1, 0.15) is 18.1 Å². The number of fused-ring (bicyclic) bond motifs is 1. The molecule has 0 aliphatic carbocycles. The Morgan fingerprint density at radius 3 is 2.48 bits per heavy atom. The van der Waals surface area contributed by atoms with Crippen LogP contribution >= 0.6 is 24.0 Å². The Kier molecular flexibility index (Phi) is 5.14. The lowest BCUT2D eigenvalue weighted by Crippen LogP contribution is -2.32. The zero-order valence-corrected chi connectivity index (χ0v) is 16.7. The number of benzene rings is 2. The van der Waals surface area contributed by atoms with E-state index in [-0.39, 0.29) is 5.91 Å². The van der Waals surface area contributed by atoms with Gasteiger partial charge in [0.05, 0.1) is 5.70 Å². The molecule has 1 fully saturated rings. The van der Waals surface area contributed by atoms with Gasteiger partial charge in [0, 0.05) is 18.8 Å². The van der Waals surface area contributed by atoms with Crippen LogP contribution in [0.3, 0.4) is 0 Å². The summed E-state index contributed by atoms with van der Waals surface area (Å²) in [5, 5.41) is 0. The molecule has 0 N–H and O–H groups in total. The smallest absolute Gasteiger partial charge is 0.268 e. The zero-order chi connectivity index (χ0) is 18.8. The Bertz CT molecular complexity index is 950. The molecular formula is C22H20N2OS2. The van der Waals surface area contributed by atoms with Crippen molar-refractivity contribution < 1.29 is 4.79 Å². The van der Waals surface area contributed by atoms with Gasteiger partial charge >= 0.3 is 0 Å². The maximum Gasteiger partial charge on any atom is 0.268 e. The molecule has 2 aliphatic heterocycles. The Morgan fingerprint density at radius 1 is 0.963 bits per heavy atom. The summed E-state index contributed by atoms with van der Waals surface area (Å²) < 4.78 is 0.641. The standard InChI is InChI=1S/C22H20N2OS2/c1-2-23-18-11-7-6-10-17(18)12-13-19(23)20-21(25)24(22(26)27-20)15-14-16-8-4-3-5-9-16/h3-13H,2,14-15H2,1H3/b20-19-. The Balaban J connectivity index is 1.61. The van der Waals surface area contributed by atoms with Gasteiger partial charge in [0.15, 0.2) is 0 Å². The van der Waals surface area contributed by atoms with Gasteiger partial charge in [0.25, 0.3) is 5.91 Å². The molecule has 2 aliphatic rings. The summed E-state index contributed by atoms with van der Waals surface area (Å²) in [4.78, 5) is 17.8. The summed E-state index contributed by atoms with van der Waals surface area (Å²) in [5.74, 6) is 0.0124. The summed E-state index contributed by atoms with van der Waals surface area (Å²) in [6.45, 7) is 3.51. The van der Waals surface area contributed by atoms with E-state index < -0.39 is 0 Å². The summed E-state index contributed by atoms with van der Waals surface area (Å²) in [7, 11) is 0. The number of carbonyl (C=O) groups is 1. The van der Waals surface area contributed by atoms with Gasteiger partial charge in [-0.15, -0.1) is 0 Å². The summed E-state index contributed by atoms with van der Waals surface area (Å²) >= 11 is 6.94. The molecule has 1 saturated heterocycles. The molecule has 3 nitrogen and oxygen atoms in total. The average Bonchev–Trinajstić information content (AvgIpc) is 2.99. The second-order valence-electron chi connectivity index (χ2n) is 6.41. The lowest BCUT2D eigenvalue weighted by Gasteiger charge is -2.30. The average molecular weight is 393 g/mol. The van der Waals surface area contributed by atoms with Crippen molar-refractivity contribution in [3.05, 3.63) is 82.4 Å². The van der Waals surface area contributed by atoms with Gasteiger partial charge in [0.2, 0.25) is 0 Å². The molecule has 0 atom stereocenters. The van der Waals surface area contributed by atoms with Gasteiger partial charge in [-0.25, -0.2) is 0 Å². The SMILES string of the molecule is CCN1/C(=C2\SC(=S)N(CCc3ccccc3)C2=O)C=Cc2ccccc21. The number of anilines is 1. The van der Waals surface area contributed by atoms with E-state index in [0.29, 0.717) is 10.9 Å². The van der Waals surface area contributed by atoms with E-state index >= 15 is 0 Å². The van der Waals surface area contributed by atoms with Crippen LogP contribution in [0.15, 0.2) is 71.3 Å². The molecule has 4 rings (SSSR count). The molecule has 2 heterocycles. The van der Waals surface area contributed by atoms with Crippen molar-refractivity contribution >= 4 is 46.0 Å². The number of nitrogens with zero attached hydrogens (tertiary/aromatic N) is 2. The molecule has 136 valence electrons. The van der Waals surface area contributed by atoms with E-state index in [1.54, 1.807) is 4.90 Å². The molecule has 0 aromatic heterocycles. The highest BCUT2D eigenvalue weighted by Crippen LogP contribution is 2.39. The van der Waals surface area contributed by atoms with Crippen LogP contribution in [0.4, 0.5) is 5.69 Å². The van der Waals surface area contributed by atoms with Gasteiger partial charge in [-0.3, -0.25) is 9.69 Å². The molecule has 2 aromatic rings. The van der Waals surface area contributed by atoms with Crippen LogP contribution in [0, 0.1) is 0 Å². The molecule has 0 saturated carbocycles. The van der Waals surface area contributed by atoms with E-state index in [9.17, 15) is 4.79 Å². The van der Waals surface area contributed by atoms with Crippen molar-refractivity contribution in [1.82, 2.24) is 4.90 Å². The fourth-order valence-electron chi connectivity index (χ4n) is 3.43. The lowest BCUT2D eigenvalue weighted by molar-refractivity contribution is -0.122. The summed E-state index contributed by atoms with van der Waals surface area (Å²) in [6, 6.07) is 18.4. The largest absolute Gasteiger partial charge is 0.340 e. The van der Waals surface area contributed by atoms with Crippen LogP contribution in [0.2, 0.25) is 0 Å². The number of carbonyl (C=O) groups excluding carboxylic acids is 1. The molecule has 1 amide bonds. The molecule has 2 aromatic carbocycles. The molecule has 0 radical (unpaired) electrons. The number of para-hydroxylation sites is 1. The van der Waals surface area contributed by atoms with Crippen molar-refractivity contribution in [3.63, 3.8) is 0 Å². The molecular weight excluding hydrogens is 372 g/mol. The number of hydrogen-bond donors (Lipinski definition) is 0. The topological polar surface area (TPSA) is 23.6 Å². The summed E-state index contributed by atoms with van der Waals surface area (Å²) in [5.41, 5.74) is 4.45. The van der Waals surface area contributed by atoms with E-state index in [2.05, 4.69) is 42.2 Å². The molecule has 0 unspecified atom stereocenters. The second kappa shape index (κ2) is 7.71. The van der Waals surface area contributed by atoms with E-state index in [4.69, 9.17) is 12.2 Å². The third-order valence-corrected chi connectivity index (χ3v) is 6.26. The van der Waals surface area contributed by atoms with Crippen molar-refractivity contribution in [2.24, 2.45) is 0 Å². The highest BCUT2D eigenvalue weighted by atomic mass is 32.2. The minimum Gasteiger partial charge on any atom is -0.340 e. The minimum absolute atomic E-state index is 0.0124. The van der Waals surface area contributed by atoms with Crippen LogP contribution in [0.5, 0.6) is 0 Å². The third-order valence-electron chi connectivity index (χ3n) is 4.80. The van der Waals surface area contributed by atoms with Crippen molar-refractivity contribution in [1.29, 1.82) is 0 Å². The first kappa shape index (κ1) is 18.0.